The number of rotatable bonds is 3. The lowest BCUT2D eigenvalue weighted by molar-refractivity contribution is 0.296. The van der Waals surface area contributed by atoms with Crippen LogP contribution in [0.2, 0.25) is 0 Å². The van der Waals surface area contributed by atoms with Gasteiger partial charge >= 0.3 is 0 Å². The Hall–Kier alpha value is -0.830. The van der Waals surface area contributed by atoms with Crippen LogP contribution in [0.5, 0.6) is 0 Å². The molecule has 0 aliphatic heterocycles. The molecule has 1 aromatic heterocycles. The molecule has 0 spiro atoms. The van der Waals surface area contributed by atoms with Gasteiger partial charge in [0, 0.05) is 18.2 Å². The molecule has 1 heterocycles. The summed E-state index contributed by atoms with van der Waals surface area (Å²) >= 11 is 0. The van der Waals surface area contributed by atoms with E-state index in [9.17, 15) is 0 Å². The van der Waals surface area contributed by atoms with Gasteiger partial charge in [-0.1, -0.05) is 33.1 Å². The Morgan fingerprint density at radius 2 is 1.90 bits per heavy atom. The molecule has 1 unspecified atom stereocenters. The summed E-state index contributed by atoms with van der Waals surface area (Å²) in [5, 5.41) is 4.84. The summed E-state index contributed by atoms with van der Waals surface area (Å²) in [6.07, 6.45) is 14.5. The average Bonchev–Trinajstić information content (AvgIpc) is 3.04. The lowest BCUT2D eigenvalue weighted by Crippen LogP contribution is -2.41. The maximum atomic E-state index is 6.73. The van der Waals surface area contributed by atoms with Crippen molar-refractivity contribution in [3.63, 3.8) is 0 Å². The molecule has 0 saturated heterocycles. The smallest absolute Gasteiger partial charge is 0.0643 e. The Bertz CT molecular complexity index is 471. The summed E-state index contributed by atoms with van der Waals surface area (Å²) in [5.74, 6) is 0. The quantitative estimate of drug-likeness (QED) is 0.846. The van der Waals surface area contributed by atoms with Crippen molar-refractivity contribution in [1.29, 1.82) is 0 Å². The van der Waals surface area contributed by atoms with Gasteiger partial charge in [0.2, 0.25) is 0 Å². The Morgan fingerprint density at radius 1 is 1.14 bits per heavy atom. The van der Waals surface area contributed by atoms with E-state index in [1.807, 2.05) is 0 Å². The normalized spacial score (nSPS) is 30.4. The van der Waals surface area contributed by atoms with Crippen LogP contribution in [-0.4, -0.2) is 15.3 Å². The van der Waals surface area contributed by atoms with E-state index >= 15 is 0 Å². The SMILES string of the molecule is CC1(C)CCCC(N)(Cc2ccn(C3CCCC3)n2)CC1. The highest BCUT2D eigenvalue weighted by molar-refractivity contribution is 5.07. The van der Waals surface area contributed by atoms with E-state index in [4.69, 9.17) is 10.8 Å². The van der Waals surface area contributed by atoms with E-state index < -0.39 is 0 Å². The molecule has 3 nitrogen and oxygen atoms in total. The van der Waals surface area contributed by atoms with Crippen molar-refractivity contribution in [3.05, 3.63) is 18.0 Å². The van der Waals surface area contributed by atoms with Gasteiger partial charge in [-0.2, -0.15) is 5.10 Å². The van der Waals surface area contributed by atoms with Crippen LogP contribution in [0.3, 0.4) is 0 Å². The van der Waals surface area contributed by atoms with Crippen molar-refractivity contribution in [2.24, 2.45) is 11.1 Å². The van der Waals surface area contributed by atoms with Crippen LogP contribution in [0, 0.1) is 5.41 Å². The van der Waals surface area contributed by atoms with E-state index in [1.165, 1.54) is 50.6 Å². The maximum Gasteiger partial charge on any atom is 0.0643 e. The second-order valence-corrected chi connectivity index (χ2v) is 8.28. The molecule has 1 atom stereocenters. The van der Waals surface area contributed by atoms with Crippen LogP contribution >= 0.6 is 0 Å². The van der Waals surface area contributed by atoms with Gasteiger partial charge in [-0.05, 0) is 50.0 Å². The van der Waals surface area contributed by atoms with Crippen molar-refractivity contribution in [1.82, 2.24) is 9.78 Å². The second kappa shape index (κ2) is 5.75. The minimum atomic E-state index is -0.0391. The highest BCUT2D eigenvalue weighted by Gasteiger charge is 2.33. The summed E-state index contributed by atoms with van der Waals surface area (Å²) in [5.41, 5.74) is 8.35. The fourth-order valence-electron chi connectivity index (χ4n) is 4.14. The molecule has 118 valence electrons. The first-order valence-electron chi connectivity index (χ1n) is 8.79. The molecule has 1 aromatic rings. The molecule has 2 saturated carbocycles. The van der Waals surface area contributed by atoms with E-state index in [2.05, 4.69) is 30.8 Å². The van der Waals surface area contributed by atoms with Gasteiger partial charge in [0.25, 0.3) is 0 Å². The largest absolute Gasteiger partial charge is 0.325 e. The number of hydrogen-bond acceptors (Lipinski definition) is 2. The average molecular weight is 289 g/mol. The highest BCUT2D eigenvalue weighted by atomic mass is 15.3. The number of aromatic nitrogens is 2. The third-order valence-corrected chi connectivity index (χ3v) is 5.72. The van der Waals surface area contributed by atoms with Crippen molar-refractivity contribution in [3.8, 4) is 0 Å². The van der Waals surface area contributed by atoms with Gasteiger partial charge in [0.15, 0.2) is 0 Å². The van der Waals surface area contributed by atoms with Crippen LogP contribution in [0.15, 0.2) is 12.3 Å². The molecule has 0 aromatic carbocycles. The zero-order chi connectivity index (χ0) is 14.9. The van der Waals surface area contributed by atoms with E-state index in [-0.39, 0.29) is 5.54 Å². The lowest BCUT2D eigenvalue weighted by Gasteiger charge is -2.28. The summed E-state index contributed by atoms with van der Waals surface area (Å²) < 4.78 is 2.20. The number of hydrogen-bond donors (Lipinski definition) is 1. The molecule has 2 fully saturated rings. The third kappa shape index (κ3) is 3.68. The van der Waals surface area contributed by atoms with Gasteiger partial charge in [-0.25, -0.2) is 0 Å². The maximum absolute atomic E-state index is 6.73. The fraction of sp³-hybridized carbons (Fsp3) is 0.833. The molecule has 0 amide bonds. The van der Waals surface area contributed by atoms with E-state index in [0.29, 0.717) is 11.5 Å². The second-order valence-electron chi connectivity index (χ2n) is 8.28. The molecule has 2 N–H and O–H groups in total. The molecule has 2 aliphatic carbocycles. The summed E-state index contributed by atoms with van der Waals surface area (Å²) in [4.78, 5) is 0. The third-order valence-electron chi connectivity index (χ3n) is 5.72. The fourth-order valence-corrected chi connectivity index (χ4v) is 4.14. The first kappa shape index (κ1) is 15.1. The monoisotopic (exact) mass is 289 g/mol. The number of nitrogens with zero attached hydrogens (tertiary/aromatic N) is 2. The molecule has 21 heavy (non-hydrogen) atoms. The predicted molar refractivity (Wildman–Crippen MR) is 87.2 cm³/mol. The van der Waals surface area contributed by atoms with E-state index in [0.717, 1.165) is 19.3 Å². The zero-order valence-electron chi connectivity index (χ0n) is 13.8. The van der Waals surface area contributed by atoms with Gasteiger partial charge < -0.3 is 5.73 Å². The van der Waals surface area contributed by atoms with Crippen LogP contribution in [-0.2, 0) is 6.42 Å². The van der Waals surface area contributed by atoms with Crippen molar-refractivity contribution < 1.29 is 0 Å². The first-order valence-corrected chi connectivity index (χ1v) is 8.79. The Kier molecular flexibility index (Phi) is 4.13. The van der Waals surface area contributed by atoms with Crippen LogP contribution in [0.1, 0.15) is 83.4 Å². The van der Waals surface area contributed by atoms with Gasteiger partial charge in [-0.3, -0.25) is 4.68 Å². The molecular formula is C18H31N3. The van der Waals surface area contributed by atoms with Gasteiger partial charge in [0.1, 0.15) is 0 Å². The zero-order valence-corrected chi connectivity index (χ0v) is 13.8. The van der Waals surface area contributed by atoms with Gasteiger partial charge in [-0.15, -0.1) is 0 Å². The molecule has 0 bridgehead atoms. The van der Waals surface area contributed by atoms with Crippen molar-refractivity contribution >= 4 is 0 Å². The highest BCUT2D eigenvalue weighted by Crippen LogP contribution is 2.38. The molecule has 0 radical (unpaired) electrons. The summed E-state index contributed by atoms with van der Waals surface area (Å²) in [6.45, 7) is 4.76. The minimum absolute atomic E-state index is 0.0391. The van der Waals surface area contributed by atoms with Crippen LogP contribution in [0.4, 0.5) is 0 Å². The Labute approximate surface area is 129 Å². The summed E-state index contributed by atoms with van der Waals surface area (Å²) in [6, 6.07) is 2.84. The van der Waals surface area contributed by atoms with Crippen LogP contribution in [0.25, 0.3) is 0 Å². The van der Waals surface area contributed by atoms with Crippen LogP contribution < -0.4 is 5.73 Å². The topological polar surface area (TPSA) is 43.8 Å². The number of nitrogens with two attached hydrogens (primary N) is 1. The Balaban J connectivity index is 1.65. The summed E-state index contributed by atoms with van der Waals surface area (Å²) in [7, 11) is 0. The minimum Gasteiger partial charge on any atom is -0.325 e. The van der Waals surface area contributed by atoms with E-state index in [1.54, 1.807) is 0 Å². The molecule has 3 rings (SSSR count). The molecule has 2 aliphatic rings. The first-order chi connectivity index (χ1) is 9.96. The molecular weight excluding hydrogens is 258 g/mol. The Morgan fingerprint density at radius 3 is 2.67 bits per heavy atom. The standard InChI is InChI=1S/C18H31N3/c1-17(2)9-5-10-18(19,12-11-17)14-15-8-13-21(20-15)16-6-3-4-7-16/h8,13,16H,3-7,9-12,14,19H2,1-2H3. The predicted octanol–water partition coefficient (Wildman–Crippen LogP) is 4.23. The molecule has 3 heteroatoms. The van der Waals surface area contributed by atoms with Gasteiger partial charge in [0.05, 0.1) is 11.7 Å². The lowest BCUT2D eigenvalue weighted by atomic mass is 9.82. The van der Waals surface area contributed by atoms with Crippen molar-refractivity contribution in [2.45, 2.75) is 89.6 Å². The van der Waals surface area contributed by atoms with Crippen molar-refractivity contribution in [2.75, 3.05) is 0 Å².